The first kappa shape index (κ1) is 42.0. The highest BCUT2D eigenvalue weighted by Crippen LogP contribution is 2.30. The van der Waals surface area contributed by atoms with Gasteiger partial charge in [-0.15, -0.1) is 11.3 Å². The van der Waals surface area contributed by atoms with Crippen LogP contribution in [0.25, 0.3) is 21.3 Å². The molecule has 0 spiro atoms. The number of carbonyl (C=O) groups excluding carboxylic acids is 4. The number of likely N-dealkylation sites (tertiary alicyclic amines) is 1. The minimum Gasteiger partial charge on any atom is -0.491 e. The Labute approximate surface area is 342 Å². The van der Waals surface area contributed by atoms with Gasteiger partial charge in [-0.25, -0.2) is 9.78 Å². The van der Waals surface area contributed by atoms with E-state index in [-0.39, 0.29) is 50.7 Å². The third-order valence-corrected chi connectivity index (χ3v) is 11.2. The lowest BCUT2D eigenvalue weighted by Gasteiger charge is -2.35. The molecule has 3 heterocycles. The second-order valence-electron chi connectivity index (χ2n) is 15.6. The third kappa shape index (κ3) is 10.1. The van der Waals surface area contributed by atoms with Gasteiger partial charge < -0.3 is 39.4 Å². The highest BCUT2D eigenvalue weighted by Gasteiger charge is 2.44. The predicted octanol–water partition coefficient (Wildman–Crippen LogP) is 5.67. The maximum absolute atomic E-state index is 14.0. The van der Waals surface area contributed by atoms with E-state index in [4.69, 9.17) is 14.2 Å². The molecule has 6 rings (SSSR count). The van der Waals surface area contributed by atoms with Crippen molar-refractivity contribution in [1.82, 2.24) is 25.1 Å². The molecule has 1 aliphatic rings. The molecule has 3 amide bonds. The summed E-state index contributed by atoms with van der Waals surface area (Å²) in [6, 6.07) is 20.8. The topological polar surface area (TPSA) is 161 Å². The van der Waals surface area contributed by atoms with Crippen LogP contribution >= 0.6 is 11.3 Å². The number of carbonyl (C=O) groups is 4. The number of aromatic nitrogens is 2. The number of esters is 1. The molecule has 14 heteroatoms. The van der Waals surface area contributed by atoms with E-state index in [2.05, 4.69) is 20.2 Å². The molecule has 1 saturated heterocycles. The van der Waals surface area contributed by atoms with Gasteiger partial charge in [0.15, 0.2) is 0 Å². The van der Waals surface area contributed by atoms with Gasteiger partial charge in [0.1, 0.15) is 31.0 Å². The summed E-state index contributed by atoms with van der Waals surface area (Å²) in [4.78, 5) is 59.5. The van der Waals surface area contributed by atoms with Crippen LogP contribution in [0.1, 0.15) is 67.3 Å². The SMILES string of the molecule is COC(=O)c1ccc2ccn(Cc3ccc(OCCOCC(=O)N[C@H](C(=O)N4C[C@H](O)C[C@H]4C(=O)N[C@@H](C)c4ccc(-c5scnc5C)cc4)C(C)(C)C)cc3)c2c1. The van der Waals surface area contributed by atoms with Crippen LogP contribution in [0.15, 0.2) is 84.5 Å². The fourth-order valence-electron chi connectivity index (χ4n) is 7.06. The summed E-state index contributed by atoms with van der Waals surface area (Å²) in [6.07, 6.45) is 1.19. The number of aliphatic hydroxyl groups is 1. The van der Waals surface area contributed by atoms with E-state index in [9.17, 15) is 24.3 Å². The molecule has 4 atom stereocenters. The lowest BCUT2D eigenvalue weighted by molar-refractivity contribution is -0.144. The second kappa shape index (κ2) is 18.3. The molecule has 0 radical (unpaired) electrons. The fourth-order valence-corrected chi connectivity index (χ4v) is 7.87. The lowest BCUT2D eigenvalue weighted by atomic mass is 9.85. The summed E-state index contributed by atoms with van der Waals surface area (Å²) < 4.78 is 18.4. The number of aliphatic hydroxyl groups excluding tert-OH is 1. The Morgan fingerprint density at radius 1 is 0.983 bits per heavy atom. The third-order valence-electron chi connectivity index (χ3n) is 10.3. The van der Waals surface area contributed by atoms with Gasteiger partial charge in [0, 0.05) is 31.2 Å². The molecular weight excluding hydrogens is 759 g/mol. The van der Waals surface area contributed by atoms with Gasteiger partial charge in [0.25, 0.3) is 0 Å². The van der Waals surface area contributed by atoms with Gasteiger partial charge in [-0.3, -0.25) is 14.4 Å². The van der Waals surface area contributed by atoms with Gasteiger partial charge in [0.05, 0.1) is 47.5 Å². The Morgan fingerprint density at radius 2 is 1.72 bits per heavy atom. The molecule has 0 aliphatic carbocycles. The number of amides is 3. The summed E-state index contributed by atoms with van der Waals surface area (Å²) in [7, 11) is 1.36. The Hall–Kier alpha value is -5.57. The van der Waals surface area contributed by atoms with E-state index < -0.39 is 35.4 Å². The van der Waals surface area contributed by atoms with Crippen LogP contribution in [0.4, 0.5) is 0 Å². The number of aryl methyl sites for hydroxylation is 1. The second-order valence-corrected chi connectivity index (χ2v) is 16.5. The zero-order valence-electron chi connectivity index (χ0n) is 33.7. The molecule has 3 N–H and O–H groups in total. The van der Waals surface area contributed by atoms with Crippen molar-refractivity contribution in [2.75, 3.05) is 33.5 Å². The minimum atomic E-state index is -0.974. The first-order valence-electron chi connectivity index (χ1n) is 19.3. The van der Waals surface area contributed by atoms with E-state index in [1.54, 1.807) is 17.4 Å². The molecule has 1 fully saturated rings. The van der Waals surface area contributed by atoms with Crippen LogP contribution in [0, 0.1) is 12.3 Å². The number of rotatable bonds is 15. The van der Waals surface area contributed by atoms with Crippen LogP contribution in [0.2, 0.25) is 0 Å². The molecule has 0 unspecified atom stereocenters. The number of methoxy groups -OCH3 is 1. The van der Waals surface area contributed by atoms with Crippen molar-refractivity contribution >= 4 is 45.9 Å². The van der Waals surface area contributed by atoms with E-state index in [0.717, 1.165) is 38.2 Å². The Bertz CT molecular complexity index is 2230. The molecule has 5 aromatic rings. The van der Waals surface area contributed by atoms with Crippen LogP contribution in [0.5, 0.6) is 5.75 Å². The standard InChI is InChI=1S/C44H51N5O8S/c1-27(30-9-12-32(13-10-30)39-28(2)45-26-58-39)46-41(52)37-22-34(50)24-49(37)42(53)40(44(3,4)5)47-38(51)25-56-19-20-57-35-15-7-29(8-16-35)23-48-18-17-31-11-14-33(21-36(31)48)43(54)55-6/h7-18,21,26-27,34,37,40,50H,19-20,22-25H2,1-6H3,(H,46,52)(H,47,51)/t27-,34+,37-,40+/m0/s1. The largest absolute Gasteiger partial charge is 0.491 e. The molecule has 306 valence electrons. The van der Waals surface area contributed by atoms with Crippen molar-refractivity contribution in [3.05, 3.63) is 107 Å². The Balaban J connectivity index is 0.967. The normalized spacial score (nSPS) is 16.5. The summed E-state index contributed by atoms with van der Waals surface area (Å²) >= 11 is 1.57. The number of hydrogen-bond donors (Lipinski definition) is 3. The maximum atomic E-state index is 14.0. The number of benzene rings is 3. The molecule has 0 saturated carbocycles. The first-order valence-corrected chi connectivity index (χ1v) is 20.1. The molecule has 1 aliphatic heterocycles. The van der Waals surface area contributed by atoms with Crippen molar-refractivity contribution in [1.29, 1.82) is 0 Å². The van der Waals surface area contributed by atoms with E-state index >= 15 is 0 Å². The molecule has 58 heavy (non-hydrogen) atoms. The van der Waals surface area contributed by atoms with Crippen molar-refractivity contribution in [2.24, 2.45) is 5.41 Å². The van der Waals surface area contributed by atoms with E-state index in [0.29, 0.717) is 17.9 Å². The van der Waals surface area contributed by atoms with Crippen LogP contribution in [-0.2, 0) is 30.4 Å². The van der Waals surface area contributed by atoms with Gasteiger partial charge >= 0.3 is 5.97 Å². The zero-order chi connectivity index (χ0) is 41.6. The van der Waals surface area contributed by atoms with Crippen molar-refractivity contribution in [3.63, 3.8) is 0 Å². The summed E-state index contributed by atoms with van der Waals surface area (Å²) in [6.45, 7) is 9.95. The number of ether oxygens (including phenoxy) is 3. The molecule has 0 bridgehead atoms. The number of β-amino-alcohol motifs (C(OH)–C–C–N with tert-alkyl or cyclic N) is 1. The lowest BCUT2D eigenvalue weighted by Crippen LogP contribution is -2.58. The van der Waals surface area contributed by atoms with Crippen LogP contribution in [-0.4, -0.2) is 94.9 Å². The maximum Gasteiger partial charge on any atom is 0.337 e. The number of nitrogens with one attached hydrogen (secondary N) is 2. The summed E-state index contributed by atoms with van der Waals surface area (Å²) in [5.41, 5.74) is 6.47. The van der Waals surface area contributed by atoms with Gasteiger partial charge in [0.2, 0.25) is 17.7 Å². The minimum absolute atomic E-state index is 0.0212. The molecule has 2 aromatic heterocycles. The number of thiazole rings is 1. The molecular formula is C44H51N5O8S. The van der Waals surface area contributed by atoms with Crippen molar-refractivity contribution in [3.8, 4) is 16.2 Å². The van der Waals surface area contributed by atoms with Gasteiger partial charge in [-0.05, 0) is 71.7 Å². The summed E-state index contributed by atoms with van der Waals surface area (Å²) in [5, 5.41) is 17.4. The van der Waals surface area contributed by atoms with E-state index in [1.165, 1.54) is 12.0 Å². The monoisotopic (exact) mass is 809 g/mol. The number of nitrogens with zero attached hydrogens (tertiary/aromatic N) is 3. The molecule has 3 aromatic carbocycles. The Kier molecular flexibility index (Phi) is 13.3. The van der Waals surface area contributed by atoms with Crippen LogP contribution < -0.4 is 15.4 Å². The number of fused-ring (bicyclic) bond motifs is 1. The first-order chi connectivity index (χ1) is 27.7. The van der Waals surface area contributed by atoms with Crippen LogP contribution in [0.3, 0.4) is 0 Å². The predicted molar refractivity (Wildman–Crippen MR) is 221 cm³/mol. The Morgan fingerprint density at radius 3 is 2.40 bits per heavy atom. The van der Waals surface area contributed by atoms with Crippen molar-refractivity contribution < 1.29 is 38.5 Å². The fraction of sp³-hybridized carbons (Fsp3) is 0.386. The van der Waals surface area contributed by atoms with Crippen molar-refractivity contribution in [2.45, 2.75) is 71.8 Å². The van der Waals surface area contributed by atoms with Gasteiger partial charge in [-0.2, -0.15) is 0 Å². The smallest absolute Gasteiger partial charge is 0.337 e. The average molecular weight is 810 g/mol. The van der Waals surface area contributed by atoms with E-state index in [1.807, 2.05) is 113 Å². The average Bonchev–Trinajstić information content (AvgIpc) is 3.94. The highest BCUT2D eigenvalue weighted by atomic mass is 32.1. The quantitative estimate of drug-likeness (QED) is 0.0894. The summed E-state index contributed by atoms with van der Waals surface area (Å²) in [5.74, 6) is -1.05. The zero-order valence-corrected chi connectivity index (χ0v) is 34.5. The molecule has 13 nitrogen and oxygen atoms in total. The van der Waals surface area contributed by atoms with Gasteiger partial charge in [-0.1, -0.05) is 63.2 Å². The number of hydrogen-bond acceptors (Lipinski definition) is 10. The highest BCUT2D eigenvalue weighted by molar-refractivity contribution is 7.13.